The normalized spacial score (nSPS) is 34.6. The lowest BCUT2D eigenvalue weighted by Crippen LogP contribution is -2.49. The Labute approximate surface area is 120 Å². The molecule has 0 amide bonds. The third-order valence-electron chi connectivity index (χ3n) is 4.16. The Hall–Kier alpha value is -0.260. The first-order chi connectivity index (χ1) is 9.20. The van der Waals surface area contributed by atoms with Crippen LogP contribution in [-0.4, -0.2) is 48.9 Å². The fourth-order valence-electron chi connectivity index (χ4n) is 2.95. The molecule has 0 aromatic rings. The molecule has 110 valence electrons. The van der Waals surface area contributed by atoms with Gasteiger partial charge in [-0.15, -0.1) is 0 Å². The van der Waals surface area contributed by atoms with Gasteiger partial charge in [-0.25, -0.2) is 0 Å². The van der Waals surface area contributed by atoms with Crippen LogP contribution in [0.4, 0.5) is 0 Å². The molecule has 2 aliphatic rings. The quantitative estimate of drug-likeness (QED) is 0.757. The molecule has 2 rings (SSSR count). The van der Waals surface area contributed by atoms with Crippen LogP contribution in [0.25, 0.3) is 0 Å². The lowest BCUT2D eigenvalue weighted by atomic mass is 9.98. The third-order valence-corrected chi connectivity index (χ3v) is 5.59. The zero-order chi connectivity index (χ0) is 13.7. The summed E-state index contributed by atoms with van der Waals surface area (Å²) in [5.41, 5.74) is -0.454. The van der Waals surface area contributed by atoms with Gasteiger partial charge in [0.15, 0.2) is 0 Å². The number of likely N-dealkylation sites (N-methyl/N-ethyl adjacent to an activating group) is 1. The lowest BCUT2D eigenvalue weighted by molar-refractivity contribution is -0.150. The minimum atomic E-state index is -0.454. The zero-order valence-electron chi connectivity index (χ0n) is 11.9. The summed E-state index contributed by atoms with van der Waals surface area (Å²) < 4.78 is 10.9. The summed E-state index contributed by atoms with van der Waals surface area (Å²) in [6.45, 7) is 3.23. The number of carbonyl (C=O) groups excluding carboxylic acids is 1. The predicted molar refractivity (Wildman–Crippen MR) is 77.5 cm³/mol. The molecule has 4 nitrogen and oxygen atoms in total. The van der Waals surface area contributed by atoms with Crippen molar-refractivity contribution in [2.45, 2.75) is 55.9 Å². The Morgan fingerprint density at radius 3 is 3.00 bits per heavy atom. The molecule has 19 heavy (non-hydrogen) atoms. The molecule has 1 heterocycles. The maximum Gasteiger partial charge on any atom is 0.326 e. The Kier molecular flexibility index (Phi) is 5.54. The molecule has 0 spiro atoms. The van der Waals surface area contributed by atoms with E-state index in [0.29, 0.717) is 18.0 Å². The van der Waals surface area contributed by atoms with Gasteiger partial charge in [-0.05, 0) is 46.1 Å². The second-order valence-corrected chi connectivity index (χ2v) is 6.72. The van der Waals surface area contributed by atoms with Crippen molar-refractivity contribution in [3.05, 3.63) is 0 Å². The number of hydrogen-bond donors (Lipinski definition) is 1. The van der Waals surface area contributed by atoms with Crippen LogP contribution in [-0.2, 0) is 14.3 Å². The molecule has 0 aromatic heterocycles. The van der Waals surface area contributed by atoms with Gasteiger partial charge in [0.25, 0.3) is 0 Å². The molecule has 0 radical (unpaired) electrons. The van der Waals surface area contributed by atoms with Crippen molar-refractivity contribution in [2.75, 3.05) is 26.0 Å². The summed E-state index contributed by atoms with van der Waals surface area (Å²) in [7, 11) is 1.87. The summed E-state index contributed by atoms with van der Waals surface area (Å²) in [6, 6.07) is 0. The van der Waals surface area contributed by atoms with E-state index < -0.39 is 5.54 Å². The molecule has 2 fully saturated rings. The minimum Gasteiger partial charge on any atom is -0.465 e. The minimum absolute atomic E-state index is 0.0854. The lowest BCUT2D eigenvalue weighted by Gasteiger charge is -2.26. The highest BCUT2D eigenvalue weighted by Crippen LogP contribution is 2.38. The Morgan fingerprint density at radius 1 is 1.53 bits per heavy atom. The topological polar surface area (TPSA) is 47.6 Å². The fourth-order valence-corrected chi connectivity index (χ4v) is 4.38. The standard InChI is InChI=1S/C14H25NO3S/c1-3-17-13(16)14(15-2)7-6-12(9-14)19-10-11-5-4-8-18-11/h11-12,15H,3-10H2,1-2H3. The molecule has 0 aromatic carbocycles. The number of hydrogen-bond acceptors (Lipinski definition) is 5. The van der Waals surface area contributed by atoms with Crippen molar-refractivity contribution in [3.8, 4) is 0 Å². The van der Waals surface area contributed by atoms with E-state index in [9.17, 15) is 4.79 Å². The summed E-state index contributed by atoms with van der Waals surface area (Å²) in [6.07, 6.45) is 5.65. The fraction of sp³-hybridized carbons (Fsp3) is 0.929. The number of esters is 1. The van der Waals surface area contributed by atoms with Gasteiger partial charge in [0.05, 0.1) is 12.7 Å². The molecular weight excluding hydrogens is 262 g/mol. The average Bonchev–Trinajstić information content (AvgIpc) is 3.07. The molecule has 1 aliphatic heterocycles. The molecule has 1 saturated heterocycles. The van der Waals surface area contributed by atoms with Crippen molar-refractivity contribution in [1.29, 1.82) is 0 Å². The number of nitrogens with one attached hydrogen (secondary N) is 1. The maximum atomic E-state index is 12.1. The van der Waals surface area contributed by atoms with Crippen LogP contribution >= 0.6 is 11.8 Å². The van der Waals surface area contributed by atoms with Gasteiger partial charge in [0.1, 0.15) is 5.54 Å². The first-order valence-corrected chi connectivity index (χ1v) is 8.34. The molecule has 5 heteroatoms. The van der Waals surface area contributed by atoms with Crippen LogP contribution in [0.15, 0.2) is 0 Å². The van der Waals surface area contributed by atoms with E-state index in [1.54, 1.807) is 0 Å². The van der Waals surface area contributed by atoms with Crippen molar-refractivity contribution in [3.63, 3.8) is 0 Å². The SMILES string of the molecule is CCOC(=O)C1(NC)CCC(SCC2CCCO2)C1. The van der Waals surface area contributed by atoms with E-state index in [2.05, 4.69) is 5.32 Å². The van der Waals surface area contributed by atoms with Gasteiger partial charge < -0.3 is 14.8 Å². The van der Waals surface area contributed by atoms with Crippen LogP contribution in [0, 0.1) is 0 Å². The summed E-state index contributed by atoms with van der Waals surface area (Å²) in [5.74, 6) is 0.977. The molecular formula is C14H25NO3S. The van der Waals surface area contributed by atoms with Crippen LogP contribution in [0.2, 0.25) is 0 Å². The molecule has 1 N–H and O–H groups in total. The van der Waals surface area contributed by atoms with Crippen LogP contribution in [0.5, 0.6) is 0 Å². The van der Waals surface area contributed by atoms with Gasteiger partial charge in [-0.3, -0.25) is 4.79 Å². The van der Waals surface area contributed by atoms with E-state index in [-0.39, 0.29) is 5.97 Å². The first kappa shape index (κ1) is 15.1. The molecule has 0 bridgehead atoms. The van der Waals surface area contributed by atoms with Crippen LogP contribution in [0.1, 0.15) is 39.0 Å². The van der Waals surface area contributed by atoms with Gasteiger partial charge in [-0.2, -0.15) is 11.8 Å². The monoisotopic (exact) mass is 287 g/mol. The average molecular weight is 287 g/mol. The van der Waals surface area contributed by atoms with Gasteiger partial charge in [-0.1, -0.05) is 0 Å². The van der Waals surface area contributed by atoms with Crippen LogP contribution in [0.3, 0.4) is 0 Å². The maximum absolute atomic E-state index is 12.1. The van der Waals surface area contributed by atoms with Crippen molar-refractivity contribution in [2.24, 2.45) is 0 Å². The highest BCUT2D eigenvalue weighted by Gasteiger charge is 2.45. The Bertz CT molecular complexity index is 307. The number of thioether (sulfide) groups is 1. The van der Waals surface area contributed by atoms with Crippen molar-refractivity contribution < 1.29 is 14.3 Å². The van der Waals surface area contributed by atoms with Gasteiger partial charge >= 0.3 is 5.97 Å². The van der Waals surface area contributed by atoms with Gasteiger partial charge in [0.2, 0.25) is 0 Å². The van der Waals surface area contributed by atoms with E-state index in [4.69, 9.17) is 9.47 Å². The van der Waals surface area contributed by atoms with Gasteiger partial charge in [0, 0.05) is 17.6 Å². The van der Waals surface area contributed by atoms with E-state index in [1.807, 2.05) is 25.7 Å². The van der Waals surface area contributed by atoms with Crippen LogP contribution < -0.4 is 5.32 Å². The predicted octanol–water partition coefficient (Wildman–Crippen LogP) is 1.97. The molecule has 3 unspecified atom stereocenters. The van der Waals surface area contributed by atoms with E-state index in [0.717, 1.165) is 31.6 Å². The summed E-state index contributed by atoms with van der Waals surface area (Å²) >= 11 is 1.96. The second kappa shape index (κ2) is 6.95. The molecule has 1 aliphatic carbocycles. The van der Waals surface area contributed by atoms with Crippen molar-refractivity contribution in [1.82, 2.24) is 5.32 Å². The second-order valence-electron chi connectivity index (χ2n) is 5.39. The van der Waals surface area contributed by atoms with Crippen molar-refractivity contribution >= 4 is 17.7 Å². The molecule has 3 atom stereocenters. The zero-order valence-corrected chi connectivity index (χ0v) is 12.8. The summed E-state index contributed by atoms with van der Waals surface area (Å²) in [5, 5.41) is 3.74. The van der Waals surface area contributed by atoms with E-state index in [1.165, 1.54) is 12.8 Å². The van der Waals surface area contributed by atoms with E-state index >= 15 is 0 Å². The largest absolute Gasteiger partial charge is 0.465 e. The smallest absolute Gasteiger partial charge is 0.326 e. The Morgan fingerprint density at radius 2 is 2.37 bits per heavy atom. The third kappa shape index (κ3) is 3.64. The summed E-state index contributed by atoms with van der Waals surface area (Å²) in [4.78, 5) is 12.1. The number of carbonyl (C=O) groups is 1. The number of rotatable bonds is 6. The highest BCUT2D eigenvalue weighted by molar-refractivity contribution is 7.99. The Balaban J connectivity index is 1.81. The highest BCUT2D eigenvalue weighted by atomic mass is 32.2. The number of ether oxygens (including phenoxy) is 2. The molecule has 1 saturated carbocycles. The first-order valence-electron chi connectivity index (χ1n) is 7.29.